The van der Waals surface area contributed by atoms with Crippen molar-refractivity contribution >= 4 is 11.6 Å². The second-order valence-corrected chi connectivity index (χ2v) is 7.23. The topological polar surface area (TPSA) is 50.8 Å². The van der Waals surface area contributed by atoms with Crippen LogP contribution in [0.25, 0.3) is 0 Å². The average Bonchev–Trinajstić information content (AvgIpc) is 3.20. The van der Waals surface area contributed by atoms with Gasteiger partial charge in [0.15, 0.2) is 0 Å². The fourth-order valence-corrected chi connectivity index (χ4v) is 4.08. The number of nitrogens with zero attached hydrogens (tertiary/aromatic N) is 1. The van der Waals surface area contributed by atoms with E-state index in [2.05, 4.69) is 5.32 Å². The van der Waals surface area contributed by atoms with Crippen molar-refractivity contribution in [1.82, 2.24) is 4.90 Å². The molecule has 0 radical (unpaired) electrons. The minimum Gasteiger partial charge on any atom is -0.490 e. The predicted octanol–water partition coefficient (Wildman–Crippen LogP) is 4.00. The van der Waals surface area contributed by atoms with Gasteiger partial charge in [-0.05, 0) is 44.9 Å². The van der Waals surface area contributed by atoms with E-state index in [0.717, 1.165) is 36.4 Å². The van der Waals surface area contributed by atoms with E-state index in [1.807, 2.05) is 67.3 Å². The molecule has 0 aliphatic carbocycles. The largest absolute Gasteiger partial charge is 0.490 e. The van der Waals surface area contributed by atoms with Crippen molar-refractivity contribution in [3.63, 3.8) is 0 Å². The summed E-state index contributed by atoms with van der Waals surface area (Å²) in [6.45, 7) is 5.98. The molecule has 0 spiro atoms. The van der Waals surface area contributed by atoms with Crippen molar-refractivity contribution < 1.29 is 14.3 Å². The van der Waals surface area contributed by atoms with E-state index in [1.165, 1.54) is 0 Å². The highest BCUT2D eigenvalue weighted by atomic mass is 16.5. The maximum atomic E-state index is 13.1. The quantitative estimate of drug-likeness (QED) is 0.869. The molecule has 1 saturated heterocycles. The van der Waals surface area contributed by atoms with Crippen molar-refractivity contribution in [2.24, 2.45) is 0 Å². The van der Waals surface area contributed by atoms with Gasteiger partial charge in [-0.3, -0.25) is 4.79 Å². The van der Waals surface area contributed by atoms with Gasteiger partial charge in [0.25, 0.3) is 5.91 Å². The van der Waals surface area contributed by atoms with Crippen LogP contribution in [0.5, 0.6) is 5.75 Å². The standard InChI is InChI=1S/C22H26N2O3/c1-3-24-21(25)17-10-4-6-12-19(17)23-22(24,2)18-11-5-7-13-20(18)27-15-16-9-8-14-26-16/h4-7,10-13,16,23H,3,8-9,14-15H2,1-2H3. The molecule has 2 aromatic rings. The number of carbonyl (C=O) groups excluding carboxylic acids is 1. The number of anilines is 1. The lowest BCUT2D eigenvalue weighted by molar-refractivity contribution is 0.0522. The van der Waals surface area contributed by atoms with E-state index in [0.29, 0.717) is 18.7 Å². The summed E-state index contributed by atoms with van der Waals surface area (Å²) >= 11 is 0. The number of carbonyl (C=O) groups is 1. The summed E-state index contributed by atoms with van der Waals surface area (Å²) in [5.41, 5.74) is 1.82. The van der Waals surface area contributed by atoms with Gasteiger partial charge >= 0.3 is 0 Å². The molecule has 0 saturated carbocycles. The van der Waals surface area contributed by atoms with Crippen LogP contribution in [0.3, 0.4) is 0 Å². The molecular formula is C22H26N2O3. The minimum absolute atomic E-state index is 0.0308. The van der Waals surface area contributed by atoms with E-state index in [4.69, 9.17) is 9.47 Å². The number of hydrogen-bond acceptors (Lipinski definition) is 4. The third-order valence-electron chi connectivity index (χ3n) is 5.50. The third-order valence-corrected chi connectivity index (χ3v) is 5.50. The fraction of sp³-hybridized carbons (Fsp3) is 0.409. The zero-order chi connectivity index (χ0) is 18.9. The molecule has 142 valence electrons. The molecule has 5 heteroatoms. The number of benzene rings is 2. The molecule has 2 aromatic carbocycles. The molecule has 5 nitrogen and oxygen atoms in total. The smallest absolute Gasteiger partial charge is 0.258 e. The number of para-hydroxylation sites is 2. The molecule has 0 bridgehead atoms. The Kier molecular flexibility index (Phi) is 4.79. The predicted molar refractivity (Wildman–Crippen MR) is 105 cm³/mol. The summed E-state index contributed by atoms with van der Waals surface area (Å²) in [7, 11) is 0. The molecule has 2 heterocycles. The summed E-state index contributed by atoms with van der Waals surface area (Å²) in [5, 5.41) is 3.58. The fourth-order valence-electron chi connectivity index (χ4n) is 4.08. The molecule has 2 unspecified atom stereocenters. The zero-order valence-corrected chi connectivity index (χ0v) is 15.9. The Balaban J connectivity index is 1.69. The highest BCUT2D eigenvalue weighted by Gasteiger charge is 2.43. The van der Waals surface area contributed by atoms with Crippen molar-refractivity contribution in [3.05, 3.63) is 59.7 Å². The first kappa shape index (κ1) is 17.9. The Morgan fingerprint density at radius 2 is 2.00 bits per heavy atom. The van der Waals surface area contributed by atoms with E-state index < -0.39 is 5.66 Å². The maximum absolute atomic E-state index is 13.1. The van der Waals surface area contributed by atoms with Crippen molar-refractivity contribution in [2.75, 3.05) is 25.1 Å². The van der Waals surface area contributed by atoms with Crippen molar-refractivity contribution in [2.45, 2.75) is 38.5 Å². The molecular weight excluding hydrogens is 340 g/mol. The molecule has 1 N–H and O–H groups in total. The molecule has 2 atom stereocenters. The Bertz CT molecular complexity index is 832. The molecule has 0 aromatic heterocycles. The van der Waals surface area contributed by atoms with Gasteiger partial charge < -0.3 is 19.7 Å². The van der Waals surface area contributed by atoms with Gasteiger partial charge in [-0.15, -0.1) is 0 Å². The molecule has 1 fully saturated rings. The minimum atomic E-state index is -0.687. The Morgan fingerprint density at radius 3 is 2.78 bits per heavy atom. The number of hydrogen-bond donors (Lipinski definition) is 1. The lowest BCUT2D eigenvalue weighted by Crippen LogP contribution is -2.55. The van der Waals surface area contributed by atoms with Gasteiger partial charge in [-0.25, -0.2) is 0 Å². The molecule has 27 heavy (non-hydrogen) atoms. The monoisotopic (exact) mass is 366 g/mol. The van der Waals surface area contributed by atoms with Crippen LogP contribution in [0.15, 0.2) is 48.5 Å². The van der Waals surface area contributed by atoms with Gasteiger partial charge in [-0.1, -0.05) is 30.3 Å². The van der Waals surface area contributed by atoms with Crippen LogP contribution in [0, 0.1) is 0 Å². The average molecular weight is 366 g/mol. The second kappa shape index (κ2) is 7.24. The van der Waals surface area contributed by atoms with Crippen LogP contribution in [0.2, 0.25) is 0 Å². The van der Waals surface area contributed by atoms with Crippen LogP contribution in [0.4, 0.5) is 5.69 Å². The Hall–Kier alpha value is -2.53. The Morgan fingerprint density at radius 1 is 1.22 bits per heavy atom. The van der Waals surface area contributed by atoms with Crippen molar-refractivity contribution in [3.8, 4) is 5.75 Å². The lowest BCUT2D eigenvalue weighted by atomic mass is 9.93. The first-order valence-corrected chi connectivity index (χ1v) is 9.66. The van der Waals surface area contributed by atoms with Gasteiger partial charge in [-0.2, -0.15) is 0 Å². The lowest BCUT2D eigenvalue weighted by Gasteiger charge is -2.46. The summed E-state index contributed by atoms with van der Waals surface area (Å²) < 4.78 is 11.8. The summed E-state index contributed by atoms with van der Waals surface area (Å²) in [5.74, 6) is 0.817. The SMILES string of the molecule is CCN1C(=O)c2ccccc2NC1(C)c1ccccc1OCC1CCCO1. The highest BCUT2D eigenvalue weighted by Crippen LogP contribution is 2.41. The van der Waals surface area contributed by atoms with Gasteiger partial charge in [0.05, 0.1) is 11.7 Å². The molecule has 4 rings (SSSR count). The molecule has 2 aliphatic rings. The number of amides is 1. The molecule has 1 amide bonds. The third kappa shape index (κ3) is 3.16. The number of nitrogens with one attached hydrogen (secondary N) is 1. The summed E-state index contributed by atoms with van der Waals surface area (Å²) in [6.07, 6.45) is 2.27. The highest BCUT2D eigenvalue weighted by molar-refractivity contribution is 6.02. The zero-order valence-electron chi connectivity index (χ0n) is 15.9. The normalized spacial score (nSPS) is 24.4. The van der Waals surface area contributed by atoms with Crippen LogP contribution in [-0.2, 0) is 10.4 Å². The number of rotatable bonds is 5. The molecule has 2 aliphatic heterocycles. The summed E-state index contributed by atoms with van der Waals surface area (Å²) in [6, 6.07) is 15.6. The van der Waals surface area contributed by atoms with Crippen LogP contribution in [-0.4, -0.2) is 36.7 Å². The first-order valence-electron chi connectivity index (χ1n) is 9.66. The van der Waals surface area contributed by atoms with E-state index in [1.54, 1.807) is 0 Å². The first-order chi connectivity index (χ1) is 13.1. The summed E-state index contributed by atoms with van der Waals surface area (Å²) in [4.78, 5) is 15.0. The van der Waals surface area contributed by atoms with E-state index in [9.17, 15) is 4.79 Å². The van der Waals surface area contributed by atoms with Gasteiger partial charge in [0.2, 0.25) is 0 Å². The van der Waals surface area contributed by atoms with Crippen LogP contribution >= 0.6 is 0 Å². The van der Waals surface area contributed by atoms with Crippen molar-refractivity contribution in [1.29, 1.82) is 0 Å². The van der Waals surface area contributed by atoms with E-state index >= 15 is 0 Å². The van der Waals surface area contributed by atoms with Gasteiger partial charge in [0, 0.05) is 24.4 Å². The number of ether oxygens (including phenoxy) is 2. The maximum Gasteiger partial charge on any atom is 0.258 e. The van der Waals surface area contributed by atoms with Crippen LogP contribution < -0.4 is 10.1 Å². The van der Waals surface area contributed by atoms with Crippen LogP contribution in [0.1, 0.15) is 42.6 Å². The Labute approximate surface area is 160 Å². The second-order valence-electron chi connectivity index (χ2n) is 7.23. The number of fused-ring (bicyclic) bond motifs is 1. The van der Waals surface area contributed by atoms with Gasteiger partial charge in [0.1, 0.15) is 18.0 Å². The van der Waals surface area contributed by atoms with E-state index in [-0.39, 0.29) is 12.0 Å².